The number of halogens is 2. The van der Waals surface area contributed by atoms with Gasteiger partial charge in [-0.05, 0) is 24.1 Å². The summed E-state index contributed by atoms with van der Waals surface area (Å²) in [6.07, 6.45) is 0.444. The standard InChI is InChI=1S/C12H12ClFO3/c1-16-11(15)12(6-17-7-12)5-8-2-3-10(14)9(13)4-8/h2-4H,5-7H2,1H3. The zero-order valence-corrected chi connectivity index (χ0v) is 10.1. The van der Waals surface area contributed by atoms with E-state index in [4.69, 9.17) is 21.1 Å². The maximum Gasteiger partial charge on any atom is 0.316 e. The van der Waals surface area contributed by atoms with Gasteiger partial charge >= 0.3 is 5.97 Å². The van der Waals surface area contributed by atoms with Crippen LogP contribution in [0.25, 0.3) is 0 Å². The highest BCUT2D eigenvalue weighted by atomic mass is 35.5. The number of carbonyl (C=O) groups is 1. The number of esters is 1. The van der Waals surface area contributed by atoms with Crippen molar-refractivity contribution in [3.8, 4) is 0 Å². The van der Waals surface area contributed by atoms with Gasteiger partial charge in [-0.15, -0.1) is 0 Å². The Bertz CT molecular complexity index is 443. The Morgan fingerprint density at radius 1 is 1.59 bits per heavy atom. The molecule has 0 spiro atoms. The molecule has 0 aromatic heterocycles. The van der Waals surface area contributed by atoms with E-state index in [-0.39, 0.29) is 11.0 Å². The molecule has 1 heterocycles. The van der Waals surface area contributed by atoms with Crippen molar-refractivity contribution >= 4 is 17.6 Å². The van der Waals surface area contributed by atoms with Crippen molar-refractivity contribution in [2.24, 2.45) is 5.41 Å². The van der Waals surface area contributed by atoms with Crippen LogP contribution >= 0.6 is 11.6 Å². The molecule has 1 aromatic carbocycles. The fourth-order valence-electron chi connectivity index (χ4n) is 1.90. The van der Waals surface area contributed by atoms with E-state index < -0.39 is 11.2 Å². The lowest BCUT2D eigenvalue weighted by molar-refractivity contribution is -0.182. The summed E-state index contributed by atoms with van der Waals surface area (Å²) in [5.74, 6) is -0.767. The Hall–Kier alpha value is -1.13. The second-order valence-electron chi connectivity index (χ2n) is 4.19. The molecule has 1 aliphatic rings. The van der Waals surface area contributed by atoms with Gasteiger partial charge in [0.25, 0.3) is 0 Å². The van der Waals surface area contributed by atoms with Crippen molar-refractivity contribution in [3.63, 3.8) is 0 Å². The zero-order valence-electron chi connectivity index (χ0n) is 9.33. The molecule has 2 rings (SSSR count). The molecular formula is C12H12ClFO3. The predicted octanol–water partition coefficient (Wildman–Crippen LogP) is 2.21. The van der Waals surface area contributed by atoms with Gasteiger partial charge in [0.05, 0.1) is 25.3 Å². The fourth-order valence-corrected chi connectivity index (χ4v) is 2.10. The highest BCUT2D eigenvalue weighted by Gasteiger charge is 2.47. The highest BCUT2D eigenvalue weighted by molar-refractivity contribution is 6.30. The SMILES string of the molecule is COC(=O)C1(Cc2ccc(F)c(Cl)c2)COC1. The molecule has 0 amide bonds. The van der Waals surface area contributed by atoms with E-state index >= 15 is 0 Å². The second kappa shape index (κ2) is 4.63. The van der Waals surface area contributed by atoms with E-state index in [0.29, 0.717) is 19.6 Å². The van der Waals surface area contributed by atoms with Gasteiger partial charge in [0.1, 0.15) is 11.2 Å². The Balaban J connectivity index is 2.18. The molecule has 3 nitrogen and oxygen atoms in total. The number of rotatable bonds is 3. The van der Waals surface area contributed by atoms with Crippen LogP contribution in [0.1, 0.15) is 5.56 Å². The van der Waals surface area contributed by atoms with Crippen molar-refractivity contribution in [3.05, 3.63) is 34.6 Å². The van der Waals surface area contributed by atoms with E-state index in [1.165, 1.54) is 19.2 Å². The van der Waals surface area contributed by atoms with Crippen molar-refractivity contribution in [2.75, 3.05) is 20.3 Å². The number of hydrogen-bond acceptors (Lipinski definition) is 3. The summed E-state index contributed by atoms with van der Waals surface area (Å²) < 4.78 is 22.8. The smallest absolute Gasteiger partial charge is 0.316 e. The fraction of sp³-hybridized carbons (Fsp3) is 0.417. The van der Waals surface area contributed by atoms with Crippen LogP contribution in [0.4, 0.5) is 4.39 Å². The molecule has 0 aliphatic carbocycles. The largest absolute Gasteiger partial charge is 0.468 e. The molecular weight excluding hydrogens is 247 g/mol. The number of carbonyl (C=O) groups excluding carboxylic acids is 1. The van der Waals surface area contributed by atoms with Gasteiger partial charge in [0, 0.05) is 0 Å². The summed E-state index contributed by atoms with van der Waals surface area (Å²) in [5, 5.41) is 0.0581. The minimum absolute atomic E-state index is 0.0581. The zero-order chi connectivity index (χ0) is 12.5. The van der Waals surface area contributed by atoms with Crippen LogP contribution in [-0.4, -0.2) is 26.3 Å². The first-order valence-corrected chi connectivity index (χ1v) is 5.55. The first-order chi connectivity index (χ1) is 8.07. The normalized spacial score (nSPS) is 17.4. The van der Waals surface area contributed by atoms with Crippen LogP contribution in [0, 0.1) is 11.2 Å². The predicted molar refractivity (Wildman–Crippen MR) is 60.4 cm³/mol. The van der Waals surface area contributed by atoms with Gasteiger partial charge in [-0.2, -0.15) is 0 Å². The van der Waals surface area contributed by atoms with E-state index in [1.807, 2.05) is 0 Å². The summed E-state index contributed by atoms with van der Waals surface area (Å²) in [7, 11) is 1.35. The van der Waals surface area contributed by atoms with Crippen LogP contribution in [0.15, 0.2) is 18.2 Å². The first kappa shape index (κ1) is 12.3. The van der Waals surface area contributed by atoms with Crippen LogP contribution in [0.3, 0.4) is 0 Å². The molecule has 0 bridgehead atoms. The molecule has 17 heavy (non-hydrogen) atoms. The van der Waals surface area contributed by atoms with Gasteiger partial charge in [0.15, 0.2) is 0 Å². The van der Waals surface area contributed by atoms with Crippen LogP contribution in [0.2, 0.25) is 5.02 Å². The van der Waals surface area contributed by atoms with Gasteiger partial charge in [-0.3, -0.25) is 4.79 Å². The van der Waals surface area contributed by atoms with E-state index in [1.54, 1.807) is 6.07 Å². The molecule has 1 aliphatic heterocycles. The lowest BCUT2D eigenvalue weighted by atomic mass is 9.80. The maximum absolute atomic E-state index is 13.0. The lowest BCUT2D eigenvalue weighted by Gasteiger charge is -2.38. The molecule has 1 fully saturated rings. The van der Waals surface area contributed by atoms with Crippen LogP contribution in [-0.2, 0) is 20.7 Å². The lowest BCUT2D eigenvalue weighted by Crippen LogP contribution is -2.51. The third-order valence-electron chi connectivity index (χ3n) is 2.90. The molecule has 92 valence electrons. The van der Waals surface area contributed by atoms with Crippen molar-refractivity contribution in [2.45, 2.75) is 6.42 Å². The van der Waals surface area contributed by atoms with Gasteiger partial charge in [0.2, 0.25) is 0 Å². The third-order valence-corrected chi connectivity index (χ3v) is 3.19. The Morgan fingerprint density at radius 3 is 2.76 bits per heavy atom. The van der Waals surface area contributed by atoms with Gasteiger partial charge in [-0.1, -0.05) is 17.7 Å². The quantitative estimate of drug-likeness (QED) is 0.780. The highest BCUT2D eigenvalue weighted by Crippen LogP contribution is 2.34. The van der Waals surface area contributed by atoms with Gasteiger partial charge in [-0.25, -0.2) is 4.39 Å². The monoisotopic (exact) mass is 258 g/mol. The molecule has 0 N–H and O–H groups in total. The summed E-state index contributed by atoms with van der Waals surface area (Å²) in [5.41, 5.74) is 0.153. The maximum atomic E-state index is 13.0. The first-order valence-electron chi connectivity index (χ1n) is 5.17. The Kier molecular flexibility index (Phi) is 3.35. The number of methoxy groups -OCH3 is 1. The summed E-state index contributed by atoms with van der Waals surface area (Å²) >= 11 is 5.69. The topological polar surface area (TPSA) is 35.5 Å². The van der Waals surface area contributed by atoms with Crippen molar-refractivity contribution in [1.29, 1.82) is 0 Å². The molecule has 0 saturated carbocycles. The minimum Gasteiger partial charge on any atom is -0.468 e. The Labute approximate surface area is 103 Å². The molecule has 0 atom stereocenters. The summed E-state index contributed by atoms with van der Waals surface area (Å²) in [6, 6.07) is 4.44. The number of benzene rings is 1. The Morgan fingerprint density at radius 2 is 2.29 bits per heavy atom. The molecule has 0 radical (unpaired) electrons. The van der Waals surface area contributed by atoms with Gasteiger partial charge < -0.3 is 9.47 Å². The number of hydrogen-bond donors (Lipinski definition) is 0. The van der Waals surface area contributed by atoms with Crippen LogP contribution in [0.5, 0.6) is 0 Å². The molecule has 1 aromatic rings. The molecule has 0 unspecified atom stereocenters. The number of ether oxygens (including phenoxy) is 2. The minimum atomic E-state index is -0.643. The second-order valence-corrected chi connectivity index (χ2v) is 4.60. The molecule has 5 heteroatoms. The molecule has 1 saturated heterocycles. The van der Waals surface area contributed by atoms with E-state index in [9.17, 15) is 9.18 Å². The van der Waals surface area contributed by atoms with Crippen molar-refractivity contribution < 1.29 is 18.7 Å². The summed E-state index contributed by atoms with van der Waals surface area (Å²) in [4.78, 5) is 11.7. The van der Waals surface area contributed by atoms with Crippen LogP contribution < -0.4 is 0 Å². The third kappa shape index (κ3) is 2.28. The average molecular weight is 259 g/mol. The average Bonchev–Trinajstić information content (AvgIpc) is 2.27. The van der Waals surface area contributed by atoms with Crippen molar-refractivity contribution in [1.82, 2.24) is 0 Å². The van der Waals surface area contributed by atoms with E-state index in [2.05, 4.69) is 0 Å². The summed E-state index contributed by atoms with van der Waals surface area (Å²) in [6.45, 7) is 0.656. The van der Waals surface area contributed by atoms with E-state index in [0.717, 1.165) is 5.56 Å².